The van der Waals surface area contributed by atoms with Crippen molar-refractivity contribution in [2.24, 2.45) is 0 Å². The van der Waals surface area contributed by atoms with Crippen molar-refractivity contribution >= 4 is 5.69 Å². The molecule has 116 valence electrons. The number of hydrogen-bond acceptors (Lipinski definition) is 4. The van der Waals surface area contributed by atoms with Crippen molar-refractivity contribution in [1.29, 1.82) is 0 Å². The van der Waals surface area contributed by atoms with Crippen LogP contribution < -0.4 is 10.5 Å². The molecular weight excluding hydrogens is 262 g/mol. The number of piperazine rings is 1. The van der Waals surface area contributed by atoms with Crippen LogP contribution in [-0.2, 0) is 0 Å². The molecule has 0 unspecified atom stereocenters. The summed E-state index contributed by atoms with van der Waals surface area (Å²) in [6, 6.07) is 8.52. The first-order valence-electron chi connectivity index (χ1n) is 8.26. The number of benzene rings is 1. The predicted molar refractivity (Wildman–Crippen MR) is 86.6 cm³/mol. The van der Waals surface area contributed by atoms with Crippen LogP contribution in [0.3, 0.4) is 0 Å². The molecule has 1 aliphatic carbocycles. The molecule has 2 aliphatic rings. The van der Waals surface area contributed by atoms with Crippen LogP contribution in [0.25, 0.3) is 0 Å². The number of nitrogen functional groups attached to an aromatic ring is 1. The second kappa shape index (κ2) is 7.14. The Morgan fingerprint density at radius 1 is 1.00 bits per heavy atom. The molecule has 0 aromatic heterocycles. The summed E-state index contributed by atoms with van der Waals surface area (Å²) in [6.45, 7) is 6.60. The average molecular weight is 289 g/mol. The first-order chi connectivity index (χ1) is 10.3. The van der Waals surface area contributed by atoms with Gasteiger partial charge in [-0.1, -0.05) is 12.8 Å². The maximum Gasteiger partial charge on any atom is 0.119 e. The van der Waals surface area contributed by atoms with Crippen molar-refractivity contribution in [3.8, 4) is 5.75 Å². The lowest BCUT2D eigenvalue weighted by molar-refractivity contribution is 0.0882. The predicted octanol–water partition coefficient (Wildman–Crippen LogP) is 2.21. The van der Waals surface area contributed by atoms with Crippen LogP contribution in [0.2, 0.25) is 0 Å². The molecule has 0 bridgehead atoms. The van der Waals surface area contributed by atoms with Gasteiger partial charge in [0.05, 0.1) is 0 Å². The highest BCUT2D eigenvalue weighted by Crippen LogP contribution is 2.24. The SMILES string of the molecule is Nc1ccc(OCCN2CCN(C3CCCC3)CC2)cc1. The van der Waals surface area contributed by atoms with E-state index in [1.807, 2.05) is 24.3 Å². The highest BCUT2D eigenvalue weighted by Gasteiger charge is 2.25. The third-order valence-corrected chi connectivity index (χ3v) is 4.80. The number of nitrogens with two attached hydrogens (primary N) is 1. The van der Waals surface area contributed by atoms with Gasteiger partial charge in [0.2, 0.25) is 0 Å². The van der Waals surface area contributed by atoms with Gasteiger partial charge in [0.15, 0.2) is 0 Å². The van der Waals surface area contributed by atoms with Crippen molar-refractivity contribution in [3.63, 3.8) is 0 Å². The normalized spacial score (nSPS) is 21.7. The molecular formula is C17H27N3O. The molecule has 2 N–H and O–H groups in total. The van der Waals surface area contributed by atoms with Crippen molar-refractivity contribution in [2.45, 2.75) is 31.7 Å². The molecule has 0 atom stereocenters. The molecule has 1 saturated carbocycles. The summed E-state index contributed by atoms with van der Waals surface area (Å²) in [5, 5.41) is 0. The topological polar surface area (TPSA) is 41.7 Å². The zero-order valence-corrected chi connectivity index (χ0v) is 12.8. The molecule has 0 amide bonds. The molecule has 21 heavy (non-hydrogen) atoms. The van der Waals surface area contributed by atoms with Crippen LogP contribution in [0.5, 0.6) is 5.75 Å². The fourth-order valence-corrected chi connectivity index (χ4v) is 3.48. The van der Waals surface area contributed by atoms with Gasteiger partial charge in [-0.05, 0) is 37.1 Å². The largest absolute Gasteiger partial charge is 0.492 e. The van der Waals surface area contributed by atoms with Crippen LogP contribution in [0.15, 0.2) is 24.3 Å². The number of rotatable bonds is 5. The van der Waals surface area contributed by atoms with Gasteiger partial charge in [0.1, 0.15) is 12.4 Å². The van der Waals surface area contributed by atoms with Crippen LogP contribution in [0.4, 0.5) is 5.69 Å². The van der Waals surface area contributed by atoms with Gasteiger partial charge in [-0.25, -0.2) is 0 Å². The second-order valence-corrected chi connectivity index (χ2v) is 6.23. The summed E-state index contributed by atoms with van der Waals surface area (Å²) in [7, 11) is 0. The van der Waals surface area contributed by atoms with E-state index in [2.05, 4.69) is 9.80 Å². The zero-order valence-electron chi connectivity index (χ0n) is 12.8. The smallest absolute Gasteiger partial charge is 0.119 e. The molecule has 0 radical (unpaired) electrons. The quantitative estimate of drug-likeness (QED) is 0.844. The van der Waals surface area contributed by atoms with Gasteiger partial charge >= 0.3 is 0 Å². The molecule has 3 rings (SSSR count). The van der Waals surface area contributed by atoms with Crippen LogP contribution >= 0.6 is 0 Å². The van der Waals surface area contributed by atoms with Crippen LogP contribution in [0.1, 0.15) is 25.7 Å². The average Bonchev–Trinajstić information content (AvgIpc) is 3.04. The maximum atomic E-state index is 5.78. The minimum Gasteiger partial charge on any atom is -0.492 e. The summed E-state index contributed by atoms with van der Waals surface area (Å²) < 4.78 is 5.78. The Bertz CT molecular complexity index is 420. The second-order valence-electron chi connectivity index (χ2n) is 6.23. The van der Waals surface area contributed by atoms with Crippen LogP contribution in [-0.4, -0.2) is 55.2 Å². The summed E-state index contributed by atoms with van der Waals surface area (Å²) in [6.07, 6.45) is 5.70. The summed E-state index contributed by atoms with van der Waals surface area (Å²) in [5.74, 6) is 0.911. The molecule has 1 saturated heterocycles. The zero-order chi connectivity index (χ0) is 14.5. The molecule has 1 aliphatic heterocycles. The Morgan fingerprint density at radius 3 is 2.33 bits per heavy atom. The standard InChI is InChI=1S/C17H27N3O/c18-15-5-7-17(8-6-15)21-14-13-19-9-11-20(12-10-19)16-3-1-2-4-16/h5-8,16H,1-4,9-14,18H2. The van der Waals surface area contributed by atoms with Gasteiger partial charge in [-0.15, -0.1) is 0 Å². The highest BCUT2D eigenvalue weighted by molar-refractivity contribution is 5.41. The Kier molecular flexibility index (Phi) is 4.99. The summed E-state index contributed by atoms with van der Waals surface area (Å²) in [4.78, 5) is 5.22. The van der Waals surface area contributed by atoms with E-state index in [1.165, 1.54) is 51.9 Å². The van der Waals surface area contributed by atoms with Gasteiger partial charge in [0, 0.05) is 44.5 Å². The summed E-state index contributed by atoms with van der Waals surface area (Å²) in [5.41, 5.74) is 6.45. The van der Waals surface area contributed by atoms with Gasteiger partial charge in [-0.3, -0.25) is 9.80 Å². The Balaban J connectivity index is 1.34. The van der Waals surface area contributed by atoms with Gasteiger partial charge < -0.3 is 10.5 Å². The number of hydrogen-bond donors (Lipinski definition) is 1. The van der Waals surface area contributed by atoms with Crippen molar-refractivity contribution < 1.29 is 4.74 Å². The third-order valence-electron chi connectivity index (χ3n) is 4.80. The molecule has 1 heterocycles. The van der Waals surface area contributed by atoms with E-state index in [4.69, 9.17) is 10.5 Å². The minimum atomic E-state index is 0.757. The van der Waals surface area contributed by atoms with Crippen molar-refractivity contribution in [2.75, 3.05) is 45.1 Å². The number of anilines is 1. The molecule has 2 fully saturated rings. The lowest BCUT2D eigenvalue weighted by Gasteiger charge is -2.38. The van der Waals surface area contributed by atoms with E-state index in [9.17, 15) is 0 Å². The van der Waals surface area contributed by atoms with Crippen molar-refractivity contribution in [3.05, 3.63) is 24.3 Å². The van der Waals surface area contributed by atoms with E-state index in [1.54, 1.807) is 0 Å². The van der Waals surface area contributed by atoms with Crippen LogP contribution in [0, 0.1) is 0 Å². The Morgan fingerprint density at radius 2 is 1.67 bits per heavy atom. The lowest BCUT2D eigenvalue weighted by Crippen LogP contribution is -2.50. The van der Waals surface area contributed by atoms with Gasteiger partial charge in [-0.2, -0.15) is 0 Å². The number of nitrogens with zero attached hydrogens (tertiary/aromatic N) is 2. The molecule has 1 aromatic rings. The lowest BCUT2D eigenvalue weighted by atomic mass is 10.2. The monoisotopic (exact) mass is 289 g/mol. The summed E-state index contributed by atoms with van der Waals surface area (Å²) >= 11 is 0. The third kappa shape index (κ3) is 4.11. The van der Waals surface area contributed by atoms with E-state index in [-0.39, 0.29) is 0 Å². The van der Waals surface area contributed by atoms with E-state index in [0.717, 1.165) is 30.6 Å². The first-order valence-corrected chi connectivity index (χ1v) is 8.26. The van der Waals surface area contributed by atoms with Crippen molar-refractivity contribution in [1.82, 2.24) is 9.80 Å². The molecule has 4 nitrogen and oxygen atoms in total. The Hall–Kier alpha value is -1.26. The van der Waals surface area contributed by atoms with E-state index in [0.29, 0.717) is 0 Å². The number of ether oxygens (including phenoxy) is 1. The fourth-order valence-electron chi connectivity index (χ4n) is 3.48. The minimum absolute atomic E-state index is 0.757. The Labute approximate surface area is 127 Å². The van der Waals surface area contributed by atoms with Gasteiger partial charge in [0.25, 0.3) is 0 Å². The van der Waals surface area contributed by atoms with E-state index >= 15 is 0 Å². The van der Waals surface area contributed by atoms with E-state index < -0.39 is 0 Å². The highest BCUT2D eigenvalue weighted by atomic mass is 16.5. The molecule has 1 aromatic carbocycles. The molecule has 0 spiro atoms. The maximum absolute atomic E-state index is 5.78. The first kappa shape index (κ1) is 14.7. The molecule has 4 heteroatoms. The fraction of sp³-hybridized carbons (Fsp3) is 0.647.